The van der Waals surface area contributed by atoms with E-state index in [9.17, 15) is 14.0 Å². The lowest BCUT2D eigenvalue weighted by Crippen LogP contribution is -2.12. The number of benzene rings is 1. The summed E-state index contributed by atoms with van der Waals surface area (Å²) in [6.07, 6.45) is 1.20. The average Bonchev–Trinajstić information content (AvgIpc) is 2.41. The summed E-state index contributed by atoms with van der Waals surface area (Å²) < 4.78 is 12.7. The lowest BCUT2D eigenvalue weighted by molar-refractivity contribution is -0.136. The Labute approximate surface area is 114 Å². The number of carboxylic acids is 1. The summed E-state index contributed by atoms with van der Waals surface area (Å²) in [5.74, 6) is -1.78. The number of rotatable bonds is 4. The molecule has 0 aliphatic rings. The normalized spacial score (nSPS) is 10.1. The van der Waals surface area contributed by atoms with Crippen molar-refractivity contribution in [2.24, 2.45) is 0 Å². The zero-order chi connectivity index (χ0) is 14.5. The van der Waals surface area contributed by atoms with Crippen LogP contribution >= 0.6 is 0 Å². The number of carbonyl (C=O) groups excluding carboxylic acids is 1. The number of aliphatic carboxylic acids is 1. The summed E-state index contributed by atoms with van der Waals surface area (Å²) in [7, 11) is 0. The number of amides is 1. The molecular formula is C14H11FN2O3. The molecule has 1 amide bonds. The number of hydrogen-bond donors (Lipinski definition) is 2. The van der Waals surface area contributed by atoms with Gasteiger partial charge in [-0.1, -0.05) is 0 Å². The molecule has 0 spiro atoms. The van der Waals surface area contributed by atoms with Crippen molar-refractivity contribution in [3.8, 4) is 0 Å². The molecule has 2 N–H and O–H groups in total. The Bertz CT molecular complexity index is 624. The predicted octanol–water partition coefficient (Wildman–Crippen LogP) is 2.10. The number of pyridine rings is 1. The van der Waals surface area contributed by atoms with Crippen LogP contribution in [0.3, 0.4) is 0 Å². The van der Waals surface area contributed by atoms with E-state index >= 15 is 0 Å². The van der Waals surface area contributed by atoms with E-state index in [0.29, 0.717) is 16.9 Å². The number of carboxylic acid groups (broad SMARTS) is 1. The molecule has 1 aromatic heterocycles. The number of nitrogens with zero attached hydrogens (tertiary/aromatic N) is 1. The molecular weight excluding hydrogens is 263 g/mol. The molecule has 1 heterocycles. The second kappa shape index (κ2) is 5.92. The lowest BCUT2D eigenvalue weighted by Gasteiger charge is -2.05. The van der Waals surface area contributed by atoms with Crippen LogP contribution in [-0.4, -0.2) is 22.0 Å². The predicted molar refractivity (Wildman–Crippen MR) is 69.9 cm³/mol. The maximum Gasteiger partial charge on any atom is 0.309 e. The van der Waals surface area contributed by atoms with Gasteiger partial charge in [0.05, 0.1) is 24.0 Å². The van der Waals surface area contributed by atoms with Gasteiger partial charge in [-0.2, -0.15) is 0 Å². The summed E-state index contributed by atoms with van der Waals surface area (Å²) in [6.45, 7) is 0. The van der Waals surface area contributed by atoms with E-state index in [1.165, 1.54) is 36.5 Å². The van der Waals surface area contributed by atoms with Crippen LogP contribution in [0, 0.1) is 5.82 Å². The highest BCUT2D eigenvalue weighted by atomic mass is 19.1. The zero-order valence-electron chi connectivity index (χ0n) is 10.3. The number of carbonyl (C=O) groups is 2. The molecule has 2 aromatic rings. The van der Waals surface area contributed by atoms with Crippen LogP contribution < -0.4 is 5.32 Å². The minimum absolute atomic E-state index is 0.174. The molecule has 0 saturated carbocycles. The maximum absolute atomic E-state index is 12.7. The van der Waals surface area contributed by atoms with Gasteiger partial charge in [-0.25, -0.2) is 4.39 Å². The van der Waals surface area contributed by atoms with Crippen LogP contribution in [0.4, 0.5) is 10.1 Å². The quantitative estimate of drug-likeness (QED) is 0.894. The van der Waals surface area contributed by atoms with Gasteiger partial charge in [-0.15, -0.1) is 0 Å². The second-order valence-electron chi connectivity index (χ2n) is 4.07. The van der Waals surface area contributed by atoms with Crippen LogP contribution in [0.15, 0.2) is 42.6 Å². The van der Waals surface area contributed by atoms with Crippen LogP contribution in [0.1, 0.15) is 16.1 Å². The van der Waals surface area contributed by atoms with Gasteiger partial charge in [0.25, 0.3) is 5.91 Å². The standard InChI is InChI=1S/C14H11FN2O3/c15-10-3-1-9(2-4-10)14(20)17-12-6-5-11(16-8-12)7-13(18)19/h1-6,8H,7H2,(H,17,20)(H,18,19). The van der Waals surface area contributed by atoms with E-state index in [2.05, 4.69) is 10.3 Å². The molecule has 0 atom stereocenters. The molecule has 0 aliphatic carbocycles. The minimum Gasteiger partial charge on any atom is -0.481 e. The second-order valence-corrected chi connectivity index (χ2v) is 4.07. The third-order valence-electron chi connectivity index (χ3n) is 2.52. The fourth-order valence-electron chi connectivity index (χ4n) is 1.56. The van der Waals surface area contributed by atoms with Gasteiger partial charge in [0, 0.05) is 5.56 Å². The smallest absolute Gasteiger partial charge is 0.309 e. The van der Waals surface area contributed by atoms with E-state index in [0.717, 1.165) is 0 Å². The van der Waals surface area contributed by atoms with Crippen molar-refractivity contribution >= 4 is 17.6 Å². The third-order valence-corrected chi connectivity index (χ3v) is 2.52. The summed E-state index contributed by atoms with van der Waals surface area (Å²) in [5.41, 5.74) is 1.16. The van der Waals surface area contributed by atoms with Gasteiger partial charge in [0.1, 0.15) is 5.82 Å². The Balaban J connectivity index is 2.04. The number of anilines is 1. The fourth-order valence-corrected chi connectivity index (χ4v) is 1.56. The molecule has 0 bridgehead atoms. The summed E-state index contributed by atoms with van der Waals surface area (Å²) in [5, 5.41) is 11.2. The molecule has 0 fully saturated rings. The Morgan fingerprint density at radius 1 is 1.15 bits per heavy atom. The number of halogens is 1. The minimum atomic E-state index is -0.972. The number of nitrogens with one attached hydrogen (secondary N) is 1. The van der Waals surface area contributed by atoms with E-state index in [1.54, 1.807) is 6.07 Å². The van der Waals surface area contributed by atoms with Crippen molar-refractivity contribution < 1.29 is 19.1 Å². The Kier molecular flexibility index (Phi) is 4.05. The largest absolute Gasteiger partial charge is 0.481 e. The Hall–Kier alpha value is -2.76. The van der Waals surface area contributed by atoms with Gasteiger partial charge in [0.15, 0.2) is 0 Å². The molecule has 2 rings (SSSR count). The highest BCUT2D eigenvalue weighted by molar-refractivity contribution is 6.04. The summed E-state index contributed by atoms with van der Waals surface area (Å²) in [4.78, 5) is 26.3. The van der Waals surface area contributed by atoms with Gasteiger partial charge in [-0.3, -0.25) is 14.6 Å². The Morgan fingerprint density at radius 2 is 1.85 bits per heavy atom. The summed E-state index contributed by atoms with van der Waals surface area (Å²) in [6, 6.07) is 8.22. The molecule has 5 nitrogen and oxygen atoms in total. The van der Waals surface area contributed by atoms with Crippen LogP contribution in [0.2, 0.25) is 0 Å². The molecule has 1 aromatic carbocycles. The first-order valence-corrected chi connectivity index (χ1v) is 5.78. The van der Waals surface area contributed by atoms with Gasteiger partial charge < -0.3 is 10.4 Å². The molecule has 20 heavy (non-hydrogen) atoms. The van der Waals surface area contributed by atoms with E-state index in [-0.39, 0.29) is 6.42 Å². The van der Waals surface area contributed by atoms with Gasteiger partial charge in [0.2, 0.25) is 0 Å². The van der Waals surface area contributed by atoms with Crippen molar-refractivity contribution in [3.05, 3.63) is 59.7 Å². The summed E-state index contributed by atoms with van der Waals surface area (Å²) >= 11 is 0. The SMILES string of the molecule is O=C(O)Cc1ccc(NC(=O)c2ccc(F)cc2)cn1. The van der Waals surface area contributed by atoms with Crippen LogP contribution in [0.5, 0.6) is 0 Å². The van der Waals surface area contributed by atoms with Crippen molar-refractivity contribution in [2.45, 2.75) is 6.42 Å². The highest BCUT2D eigenvalue weighted by Gasteiger charge is 2.07. The number of hydrogen-bond acceptors (Lipinski definition) is 3. The van der Waals surface area contributed by atoms with Crippen molar-refractivity contribution in [1.29, 1.82) is 0 Å². The molecule has 0 saturated heterocycles. The number of aromatic nitrogens is 1. The Morgan fingerprint density at radius 3 is 2.40 bits per heavy atom. The third kappa shape index (κ3) is 3.61. The van der Waals surface area contributed by atoms with E-state index in [4.69, 9.17) is 5.11 Å². The first-order chi connectivity index (χ1) is 9.54. The zero-order valence-corrected chi connectivity index (χ0v) is 10.3. The molecule has 6 heteroatoms. The average molecular weight is 274 g/mol. The first kappa shape index (κ1) is 13.7. The monoisotopic (exact) mass is 274 g/mol. The highest BCUT2D eigenvalue weighted by Crippen LogP contribution is 2.10. The van der Waals surface area contributed by atoms with Crippen LogP contribution in [0.25, 0.3) is 0 Å². The van der Waals surface area contributed by atoms with Crippen molar-refractivity contribution in [3.63, 3.8) is 0 Å². The topological polar surface area (TPSA) is 79.3 Å². The van der Waals surface area contributed by atoms with Crippen molar-refractivity contribution in [1.82, 2.24) is 4.98 Å². The van der Waals surface area contributed by atoms with Crippen molar-refractivity contribution in [2.75, 3.05) is 5.32 Å². The van der Waals surface area contributed by atoms with Crippen LogP contribution in [-0.2, 0) is 11.2 Å². The first-order valence-electron chi connectivity index (χ1n) is 5.78. The fraction of sp³-hybridized carbons (Fsp3) is 0.0714. The van der Waals surface area contributed by atoms with E-state index in [1.807, 2.05) is 0 Å². The van der Waals surface area contributed by atoms with E-state index < -0.39 is 17.7 Å². The molecule has 0 aliphatic heterocycles. The van der Waals surface area contributed by atoms with Gasteiger partial charge >= 0.3 is 5.97 Å². The molecule has 0 radical (unpaired) electrons. The maximum atomic E-state index is 12.7. The molecule has 0 unspecified atom stereocenters. The van der Waals surface area contributed by atoms with Gasteiger partial charge in [-0.05, 0) is 36.4 Å². The lowest BCUT2D eigenvalue weighted by atomic mass is 10.2. The molecule has 102 valence electrons.